The number of hydrogen-bond acceptors (Lipinski definition) is 7. The summed E-state index contributed by atoms with van der Waals surface area (Å²) >= 11 is 0. The SMILES string of the molecule is O=C(O)COc1nccc(N2CCC(C(=O)N3N=CC[C@H]3c3ccccc3)CC2)n1. The third kappa shape index (κ3) is 4.40. The number of benzene rings is 1. The van der Waals surface area contributed by atoms with Crippen molar-refractivity contribution in [3.05, 3.63) is 48.2 Å². The molecule has 2 aromatic rings. The summed E-state index contributed by atoms with van der Waals surface area (Å²) < 4.78 is 5.05. The Hall–Kier alpha value is -3.49. The van der Waals surface area contributed by atoms with Crippen LogP contribution in [0.25, 0.3) is 0 Å². The van der Waals surface area contributed by atoms with Gasteiger partial charge in [-0.05, 0) is 24.5 Å². The van der Waals surface area contributed by atoms with Crippen molar-refractivity contribution < 1.29 is 19.4 Å². The Bertz CT molecular complexity index is 928. The van der Waals surface area contributed by atoms with Crippen LogP contribution in [0, 0.1) is 5.92 Å². The molecule has 30 heavy (non-hydrogen) atoms. The van der Waals surface area contributed by atoms with Gasteiger partial charge in [0.05, 0.1) is 6.04 Å². The number of carbonyl (C=O) groups is 2. The van der Waals surface area contributed by atoms with Gasteiger partial charge in [0, 0.05) is 37.8 Å². The van der Waals surface area contributed by atoms with Gasteiger partial charge in [-0.2, -0.15) is 10.1 Å². The van der Waals surface area contributed by atoms with Crippen LogP contribution >= 0.6 is 0 Å². The fourth-order valence-electron chi connectivity index (χ4n) is 3.82. The van der Waals surface area contributed by atoms with Gasteiger partial charge < -0.3 is 14.7 Å². The van der Waals surface area contributed by atoms with Gasteiger partial charge in [-0.25, -0.2) is 14.8 Å². The van der Waals surface area contributed by atoms with Crippen LogP contribution < -0.4 is 9.64 Å². The van der Waals surface area contributed by atoms with Crippen LogP contribution in [-0.4, -0.2) is 57.9 Å². The summed E-state index contributed by atoms with van der Waals surface area (Å²) in [5.41, 5.74) is 1.09. The van der Waals surface area contributed by atoms with E-state index in [0.29, 0.717) is 31.7 Å². The second-order valence-corrected chi connectivity index (χ2v) is 7.28. The van der Waals surface area contributed by atoms with E-state index in [-0.39, 0.29) is 23.9 Å². The minimum absolute atomic E-state index is 0.0326. The number of nitrogens with zero attached hydrogens (tertiary/aromatic N) is 5. The number of aliphatic carboxylic acids is 1. The summed E-state index contributed by atoms with van der Waals surface area (Å²) in [6.45, 7) is 0.845. The molecule has 0 aliphatic carbocycles. The lowest BCUT2D eigenvalue weighted by atomic mass is 9.94. The molecule has 0 unspecified atom stereocenters. The van der Waals surface area contributed by atoms with E-state index >= 15 is 0 Å². The van der Waals surface area contributed by atoms with Gasteiger partial charge in [-0.1, -0.05) is 30.3 Å². The van der Waals surface area contributed by atoms with E-state index in [2.05, 4.69) is 20.0 Å². The van der Waals surface area contributed by atoms with Crippen LogP contribution in [0.4, 0.5) is 5.82 Å². The predicted molar refractivity (Wildman–Crippen MR) is 109 cm³/mol. The van der Waals surface area contributed by atoms with Crippen LogP contribution in [0.5, 0.6) is 6.01 Å². The molecule has 0 spiro atoms. The molecule has 2 aliphatic rings. The fourth-order valence-corrected chi connectivity index (χ4v) is 3.82. The fraction of sp³-hybridized carbons (Fsp3) is 0.381. The molecule has 1 aromatic carbocycles. The molecule has 3 heterocycles. The second-order valence-electron chi connectivity index (χ2n) is 7.28. The summed E-state index contributed by atoms with van der Waals surface area (Å²) in [6, 6.07) is 11.7. The highest BCUT2D eigenvalue weighted by Crippen LogP contribution is 2.32. The molecule has 1 aromatic heterocycles. The molecule has 9 heteroatoms. The van der Waals surface area contributed by atoms with Gasteiger partial charge >= 0.3 is 12.0 Å². The molecule has 0 radical (unpaired) electrons. The monoisotopic (exact) mass is 409 g/mol. The molecule has 0 saturated carbocycles. The quantitative estimate of drug-likeness (QED) is 0.778. The molecule has 1 atom stereocenters. The average Bonchev–Trinajstić information content (AvgIpc) is 3.28. The number of carboxylic acids is 1. The number of ether oxygens (including phenoxy) is 1. The highest BCUT2D eigenvalue weighted by atomic mass is 16.5. The van der Waals surface area contributed by atoms with Crippen LogP contribution in [0.15, 0.2) is 47.7 Å². The minimum atomic E-state index is -1.08. The molecule has 0 bridgehead atoms. The van der Waals surface area contributed by atoms with Gasteiger partial charge in [0.1, 0.15) is 5.82 Å². The highest BCUT2D eigenvalue weighted by molar-refractivity contribution is 5.82. The van der Waals surface area contributed by atoms with E-state index in [1.54, 1.807) is 17.3 Å². The third-order valence-electron chi connectivity index (χ3n) is 5.35. The van der Waals surface area contributed by atoms with E-state index in [9.17, 15) is 9.59 Å². The highest BCUT2D eigenvalue weighted by Gasteiger charge is 2.34. The van der Waals surface area contributed by atoms with Crippen molar-refractivity contribution >= 4 is 23.9 Å². The number of carboxylic acid groups (broad SMARTS) is 1. The first-order valence-corrected chi connectivity index (χ1v) is 9.95. The Balaban J connectivity index is 1.36. The summed E-state index contributed by atoms with van der Waals surface area (Å²) in [6.07, 6.45) is 5.47. The molecule has 1 fully saturated rings. The van der Waals surface area contributed by atoms with Crippen LogP contribution in [-0.2, 0) is 9.59 Å². The third-order valence-corrected chi connectivity index (χ3v) is 5.35. The number of amides is 1. The number of anilines is 1. The maximum atomic E-state index is 13.1. The zero-order chi connectivity index (χ0) is 20.9. The zero-order valence-corrected chi connectivity index (χ0v) is 16.4. The first kappa shape index (κ1) is 19.8. The Kier molecular flexibility index (Phi) is 5.87. The van der Waals surface area contributed by atoms with Crippen molar-refractivity contribution in [3.63, 3.8) is 0 Å². The smallest absolute Gasteiger partial charge is 0.341 e. The van der Waals surface area contributed by atoms with E-state index in [0.717, 1.165) is 12.0 Å². The maximum absolute atomic E-state index is 13.1. The predicted octanol–water partition coefficient (Wildman–Crippen LogP) is 2.12. The summed E-state index contributed by atoms with van der Waals surface area (Å²) in [5.74, 6) is -0.447. The van der Waals surface area contributed by atoms with Crippen LogP contribution in [0.3, 0.4) is 0 Å². The molecule has 4 rings (SSSR count). The topological polar surface area (TPSA) is 108 Å². The Labute approximate surface area is 174 Å². The Morgan fingerprint density at radius 1 is 1.13 bits per heavy atom. The summed E-state index contributed by atoms with van der Waals surface area (Å²) in [5, 5.41) is 14.7. The molecule has 2 aliphatic heterocycles. The molecule has 9 nitrogen and oxygen atoms in total. The van der Waals surface area contributed by atoms with Crippen molar-refractivity contribution in [3.8, 4) is 6.01 Å². The lowest BCUT2D eigenvalue weighted by Gasteiger charge is -2.34. The van der Waals surface area contributed by atoms with E-state index in [4.69, 9.17) is 9.84 Å². The molecule has 156 valence electrons. The minimum Gasteiger partial charge on any atom is -0.479 e. The second kappa shape index (κ2) is 8.89. The van der Waals surface area contributed by atoms with E-state index in [1.165, 1.54) is 0 Å². The molecule has 1 saturated heterocycles. The molecular weight excluding hydrogens is 386 g/mol. The standard InChI is InChI=1S/C21H23N5O4/c27-19(28)14-30-21-22-10-7-18(24-21)25-12-8-16(9-13-25)20(29)26-17(6-11-23-26)15-4-2-1-3-5-15/h1-5,7,10-11,16-17H,6,8-9,12-14H2,(H,27,28)/t17-/m0/s1. The van der Waals surface area contributed by atoms with Crippen molar-refractivity contribution in [2.45, 2.75) is 25.3 Å². The zero-order valence-electron chi connectivity index (χ0n) is 16.4. The van der Waals surface area contributed by atoms with Gasteiger partial charge in [-0.3, -0.25) is 4.79 Å². The van der Waals surface area contributed by atoms with Gasteiger partial charge in [0.25, 0.3) is 0 Å². The van der Waals surface area contributed by atoms with Gasteiger partial charge in [0.15, 0.2) is 6.61 Å². The number of rotatable bonds is 6. The number of piperidine rings is 1. The van der Waals surface area contributed by atoms with Crippen molar-refractivity contribution in [2.24, 2.45) is 11.0 Å². The van der Waals surface area contributed by atoms with Crippen molar-refractivity contribution in [1.82, 2.24) is 15.0 Å². The number of hydrogen-bond donors (Lipinski definition) is 1. The maximum Gasteiger partial charge on any atom is 0.341 e. The first-order valence-electron chi connectivity index (χ1n) is 9.95. The Morgan fingerprint density at radius 2 is 1.90 bits per heavy atom. The Morgan fingerprint density at radius 3 is 2.63 bits per heavy atom. The average molecular weight is 409 g/mol. The number of carbonyl (C=O) groups excluding carboxylic acids is 1. The molecule has 1 N–H and O–H groups in total. The van der Waals surface area contributed by atoms with Crippen molar-refractivity contribution in [1.29, 1.82) is 0 Å². The lowest BCUT2D eigenvalue weighted by molar-refractivity contribution is -0.139. The largest absolute Gasteiger partial charge is 0.479 e. The lowest BCUT2D eigenvalue weighted by Crippen LogP contribution is -2.41. The number of hydrazone groups is 1. The number of aromatic nitrogens is 2. The van der Waals surface area contributed by atoms with E-state index < -0.39 is 12.6 Å². The summed E-state index contributed by atoms with van der Waals surface area (Å²) in [4.78, 5) is 34.0. The molecule has 1 amide bonds. The van der Waals surface area contributed by atoms with Crippen molar-refractivity contribution in [2.75, 3.05) is 24.6 Å². The van der Waals surface area contributed by atoms with E-state index in [1.807, 2.05) is 36.5 Å². The van der Waals surface area contributed by atoms with Crippen LogP contribution in [0.2, 0.25) is 0 Å². The summed E-state index contributed by atoms with van der Waals surface area (Å²) in [7, 11) is 0. The normalized spacial score (nSPS) is 19.1. The molecular formula is C21H23N5O4. The van der Waals surface area contributed by atoms with Gasteiger partial charge in [-0.15, -0.1) is 0 Å². The first-order chi connectivity index (χ1) is 14.6. The van der Waals surface area contributed by atoms with Crippen LogP contribution in [0.1, 0.15) is 30.9 Å². The van der Waals surface area contributed by atoms with Gasteiger partial charge in [0.2, 0.25) is 5.91 Å².